The van der Waals surface area contributed by atoms with Crippen molar-refractivity contribution in [2.24, 2.45) is 5.92 Å². The smallest absolute Gasteiger partial charge is 0.148 e. The normalized spacial score (nSPS) is 17.7. The molecule has 1 aromatic carbocycles. The molecule has 0 heterocycles. The number of hydrogen-bond acceptors (Lipinski definition) is 1. The third-order valence-electron chi connectivity index (χ3n) is 3.83. The van der Waals surface area contributed by atoms with Crippen molar-refractivity contribution >= 4 is 17.7 Å². The van der Waals surface area contributed by atoms with Crippen molar-refractivity contribution in [3.05, 3.63) is 40.2 Å². The second-order valence-corrected chi connectivity index (χ2v) is 5.63. The van der Waals surface area contributed by atoms with Gasteiger partial charge in [0, 0.05) is 12.1 Å². The minimum absolute atomic E-state index is 0.196. The third kappa shape index (κ3) is 3.80. The van der Waals surface area contributed by atoms with Crippen LogP contribution in [0.4, 0.5) is 4.39 Å². The summed E-state index contributed by atoms with van der Waals surface area (Å²) in [5.41, 5.74) is 1.90. The Balaban J connectivity index is 2.26. The second kappa shape index (κ2) is 7.06. The highest BCUT2D eigenvalue weighted by Gasteiger charge is 2.18. The fourth-order valence-electron chi connectivity index (χ4n) is 2.82. The summed E-state index contributed by atoms with van der Waals surface area (Å²) in [6.07, 6.45) is 8.31. The number of benzene rings is 1. The first-order chi connectivity index (χ1) is 9.22. The lowest BCUT2D eigenvalue weighted by Crippen LogP contribution is -2.19. The van der Waals surface area contributed by atoms with E-state index >= 15 is 0 Å². The van der Waals surface area contributed by atoms with E-state index in [-0.39, 0.29) is 10.8 Å². The molecular formula is C16H21ClFN. The topological polar surface area (TPSA) is 12.0 Å². The SMILES string of the molecule is CNC/C(=C/c1cccc(Cl)c1F)C1CCCCC1. The molecule has 1 saturated carbocycles. The molecule has 0 aliphatic heterocycles. The van der Waals surface area contributed by atoms with Crippen molar-refractivity contribution in [3.63, 3.8) is 0 Å². The van der Waals surface area contributed by atoms with Gasteiger partial charge in [0.1, 0.15) is 5.82 Å². The van der Waals surface area contributed by atoms with E-state index in [1.807, 2.05) is 13.1 Å². The summed E-state index contributed by atoms with van der Waals surface area (Å²) in [4.78, 5) is 0. The van der Waals surface area contributed by atoms with Crippen LogP contribution in [0.2, 0.25) is 5.02 Å². The van der Waals surface area contributed by atoms with E-state index in [0.29, 0.717) is 11.5 Å². The van der Waals surface area contributed by atoms with Gasteiger partial charge in [-0.2, -0.15) is 0 Å². The molecule has 0 radical (unpaired) electrons. The third-order valence-corrected chi connectivity index (χ3v) is 4.12. The highest BCUT2D eigenvalue weighted by atomic mass is 35.5. The van der Waals surface area contributed by atoms with E-state index < -0.39 is 0 Å². The maximum absolute atomic E-state index is 14.0. The first-order valence-electron chi connectivity index (χ1n) is 7.01. The molecule has 0 atom stereocenters. The lowest BCUT2D eigenvalue weighted by atomic mass is 9.83. The number of nitrogens with one attached hydrogen (secondary N) is 1. The molecule has 1 aliphatic rings. The van der Waals surface area contributed by atoms with Crippen LogP contribution in [0.3, 0.4) is 0 Å². The van der Waals surface area contributed by atoms with Crippen LogP contribution < -0.4 is 5.32 Å². The van der Waals surface area contributed by atoms with E-state index in [9.17, 15) is 4.39 Å². The molecule has 104 valence electrons. The molecule has 0 saturated heterocycles. The molecule has 1 nitrogen and oxygen atoms in total. The van der Waals surface area contributed by atoms with Gasteiger partial charge in [-0.25, -0.2) is 4.39 Å². The zero-order chi connectivity index (χ0) is 13.7. The largest absolute Gasteiger partial charge is 0.316 e. The summed E-state index contributed by atoms with van der Waals surface area (Å²) in [6, 6.07) is 5.18. The van der Waals surface area contributed by atoms with Crippen LogP contribution in [0.1, 0.15) is 37.7 Å². The number of hydrogen-bond donors (Lipinski definition) is 1. The van der Waals surface area contributed by atoms with Crippen molar-refractivity contribution in [2.75, 3.05) is 13.6 Å². The summed E-state index contributed by atoms with van der Waals surface area (Å²) in [5, 5.41) is 3.39. The van der Waals surface area contributed by atoms with Crippen LogP contribution in [0.25, 0.3) is 6.08 Å². The Labute approximate surface area is 119 Å². The monoisotopic (exact) mass is 281 g/mol. The number of rotatable bonds is 4. The Kier molecular flexibility index (Phi) is 5.41. The molecule has 1 N–H and O–H groups in total. The van der Waals surface area contributed by atoms with E-state index in [4.69, 9.17) is 11.6 Å². The van der Waals surface area contributed by atoms with Gasteiger partial charge in [0.2, 0.25) is 0 Å². The van der Waals surface area contributed by atoms with Gasteiger partial charge in [-0.05, 0) is 31.9 Å². The molecule has 19 heavy (non-hydrogen) atoms. The van der Waals surface area contributed by atoms with Crippen LogP contribution in [0.5, 0.6) is 0 Å². The molecular weight excluding hydrogens is 261 g/mol. The minimum Gasteiger partial charge on any atom is -0.316 e. The molecule has 3 heteroatoms. The summed E-state index contributed by atoms with van der Waals surface area (Å²) >= 11 is 5.84. The lowest BCUT2D eigenvalue weighted by molar-refractivity contribution is 0.398. The van der Waals surface area contributed by atoms with Crippen LogP contribution in [0, 0.1) is 11.7 Å². The Morgan fingerprint density at radius 1 is 1.37 bits per heavy atom. The molecule has 0 aromatic heterocycles. The van der Waals surface area contributed by atoms with Crippen LogP contribution in [-0.4, -0.2) is 13.6 Å². The fourth-order valence-corrected chi connectivity index (χ4v) is 3.00. The van der Waals surface area contributed by atoms with Crippen molar-refractivity contribution in [1.82, 2.24) is 5.32 Å². The van der Waals surface area contributed by atoms with Gasteiger partial charge in [-0.3, -0.25) is 0 Å². The van der Waals surface area contributed by atoms with Crippen molar-refractivity contribution in [3.8, 4) is 0 Å². The van der Waals surface area contributed by atoms with E-state index in [2.05, 4.69) is 5.32 Å². The highest BCUT2D eigenvalue weighted by molar-refractivity contribution is 6.30. The van der Waals surface area contributed by atoms with Crippen molar-refractivity contribution < 1.29 is 4.39 Å². The quantitative estimate of drug-likeness (QED) is 0.846. The Bertz CT molecular complexity index is 450. The van der Waals surface area contributed by atoms with Gasteiger partial charge in [0.25, 0.3) is 0 Å². The first-order valence-corrected chi connectivity index (χ1v) is 7.39. The van der Waals surface area contributed by atoms with Crippen molar-refractivity contribution in [1.29, 1.82) is 0 Å². The highest BCUT2D eigenvalue weighted by Crippen LogP contribution is 2.31. The summed E-state index contributed by atoms with van der Waals surface area (Å²) in [7, 11) is 1.94. The van der Waals surface area contributed by atoms with Gasteiger partial charge in [0.05, 0.1) is 5.02 Å². The average molecular weight is 282 g/mol. The van der Waals surface area contributed by atoms with Crippen molar-refractivity contribution in [2.45, 2.75) is 32.1 Å². The van der Waals surface area contributed by atoms with Gasteiger partial charge in [-0.15, -0.1) is 0 Å². The summed E-state index contributed by atoms with van der Waals surface area (Å²) in [5.74, 6) is 0.271. The fraction of sp³-hybridized carbons (Fsp3) is 0.500. The van der Waals surface area contributed by atoms with Crippen LogP contribution >= 0.6 is 11.6 Å². The molecule has 0 spiro atoms. The first kappa shape index (κ1) is 14.5. The Morgan fingerprint density at radius 2 is 2.11 bits per heavy atom. The minimum atomic E-state index is -0.312. The van der Waals surface area contributed by atoms with Crippen LogP contribution in [-0.2, 0) is 0 Å². The van der Waals surface area contributed by atoms with Crippen LogP contribution in [0.15, 0.2) is 23.8 Å². The van der Waals surface area contributed by atoms with E-state index in [1.54, 1.807) is 18.2 Å². The Hall–Kier alpha value is -0.860. The Morgan fingerprint density at radius 3 is 2.79 bits per heavy atom. The zero-order valence-corrected chi connectivity index (χ0v) is 12.1. The molecule has 0 bridgehead atoms. The molecule has 0 unspecified atom stereocenters. The molecule has 1 aromatic rings. The maximum atomic E-state index is 14.0. The number of halogens is 2. The predicted molar refractivity (Wildman–Crippen MR) is 79.9 cm³/mol. The lowest BCUT2D eigenvalue weighted by Gasteiger charge is -2.24. The van der Waals surface area contributed by atoms with Gasteiger partial charge in [-0.1, -0.05) is 54.6 Å². The zero-order valence-electron chi connectivity index (χ0n) is 11.4. The summed E-state index contributed by atoms with van der Waals surface area (Å²) < 4.78 is 14.0. The molecule has 1 aliphatic carbocycles. The molecule has 2 rings (SSSR count). The number of likely N-dealkylation sites (N-methyl/N-ethyl adjacent to an activating group) is 1. The summed E-state index contributed by atoms with van der Waals surface area (Å²) in [6.45, 7) is 0.816. The molecule has 0 amide bonds. The van der Waals surface area contributed by atoms with Gasteiger partial charge < -0.3 is 5.32 Å². The predicted octanol–water partition coefficient (Wildman–Crippen LogP) is 4.66. The maximum Gasteiger partial charge on any atom is 0.148 e. The van der Waals surface area contributed by atoms with Gasteiger partial charge >= 0.3 is 0 Å². The second-order valence-electron chi connectivity index (χ2n) is 5.23. The average Bonchev–Trinajstić information content (AvgIpc) is 2.44. The van der Waals surface area contributed by atoms with Gasteiger partial charge in [0.15, 0.2) is 0 Å². The van der Waals surface area contributed by atoms with E-state index in [1.165, 1.54) is 37.7 Å². The molecule has 1 fully saturated rings. The van der Waals surface area contributed by atoms with E-state index in [0.717, 1.165) is 6.54 Å². The standard InChI is InChI=1S/C16H21ClFN/c1-19-11-14(12-6-3-2-4-7-12)10-13-8-5-9-15(17)16(13)18/h5,8-10,12,19H,2-4,6-7,11H2,1H3/b14-10-.